The van der Waals surface area contributed by atoms with E-state index in [0.717, 1.165) is 3.57 Å². The topological polar surface area (TPSA) is 12.0 Å². The van der Waals surface area contributed by atoms with Crippen LogP contribution in [0.5, 0.6) is 0 Å². The van der Waals surface area contributed by atoms with E-state index in [1.54, 1.807) is 12.1 Å². The van der Waals surface area contributed by atoms with Crippen LogP contribution in [-0.2, 0) is 0 Å². The van der Waals surface area contributed by atoms with E-state index in [0.29, 0.717) is 10.7 Å². The van der Waals surface area contributed by atoms with Crippen molar-refractivity contribution in [2.45, 2.75) is 19.4 Å². The molecule has 0 aromatic heterocycles. The fourth-order valence-electron chi connectivity index (χ4n) is 0.915. The lowest BCUT2D eigenvalue weighted by molar-refractivity contribution is 0.131. The summed E-state index contributed by atoms with van der Waals surface area (Å²) < 4.78 is 25.4. The minimum Gasteiger partial charge on any atom is -0.376 e. The summed E-state index contributed by atoms with van der Waals surface area (Å²) in [7, 11) is 0. The molecular weight excluding hydrogens is 322 g/mol. The summed E-state index contributed by atoms with van der Waals surface area (Å²) in [5.74, 6) is 0. The first-order valence-electron chi connectivity index (χ1n) is 4.00. The molecule has 14 heavy (non-hydrogen) atoms. The van der Waals surface area contributed by atoms with Gasteiger partial charge in [-0.15, -0.1) is 0 Å². The van der Waals surface area contributed by atoms with Gasteiger partial charge in [-0.3, -0.25) is 0 Å². The van der Waals surface area contributed by atoms with Crippen LogP contribution in [-0.4, -0.2) is 12.5 Å². The van der Waals surface area contributed by atoms with Gasteiger partial charge in [0, 0.05) is 3.57 Å². The van der Waals surface area contributed by atoms with Gasteiger partial charge in [-0.25, -0.2) is 8.78 Å². The summed E-state index contributed by atoms with van der Waals surface area (Å²) in [6, 6.07) is 4.34. The van der Waals surface area contributed by atoms with Crippen LogP contribution in [0.4, 0.5) is 14.5 Å². The second kappa shape index (κ2) is 5.11. The van der Waals surface area contributed by atoms with Gasteiger partial charge >= 0.3 is 0 Å². The van der Waals surface area contributed by atoms with Crippen LogP contribution in [0.2, 0.25) is 5.02 Å². The average Bonchev–Trinajstić information content (AvgIpc) is 2.09. The minimum absolute atomic E-state index is 0.462. The van der Waals surface area contributed by atoms with Gasteiger partial charge in [0.25, 0.3) is 6.43 Å². The van der Waals surface area contributed by atoms with Crippen molar-refractivity contribution < 1.29 is 8.78 Å². The Kier molecular flexibility index (Phi) is 4.37. The predicted octanol–water partition coefficient (Wildman–Crippen LogP) is 4.01. The molecule has 0 heterocycles. The van der Waals surface area contributed by atoms with Crippen molar-refractivity contribution in [1.29, 1.82) is 0 Å². The van der Waals surface area contributed by atoms with Gasteiger partial charge in [0.15, 0.2) is 0 Å². The third-order valence-electron chi connectivity index (χ3n) is 1.69. The van der Waals surface area contributed by atoms with Crippen LogP contribution in [0, 0.1) is 3.57 Å². The molecule has 1 nitrogen and oxygen atoms in total. The van der Waals surface area contributed by atoms with Crippen LogP contribution in [0.1, 0.15) is 6.92 Å². The summed E-state index contributed by atoms with van der Waals surface area (Å²) in [4.78, 5) is 0. The number of hydrogen-bond donors (Lipinski definition) is 1. The summed E-state index contributed by atoms with van der Waals surface area (Å²) in [5, 5.41) is 3.11. The van der Waals surface area contributed by atoms with E-state index < -0.39 is 12.5 Å². The van der Waals surface area contributed by atoms with Gasteiger partial charge < -0.3 is 5.32 Å². The molecule has 0 spiro atoms. The summed E-state index contributed by atoms with van der Waals surface area (Å²) in [5.41, 5.74) is 0.542. The quantitative estimate of drug-likeness (QED) is 0.825. The molecule has 0 saturated heterocycles. The Morgan fingerprint density at radius 1 is 1.43 bits per heavy atom. The number of alkyl halides is 2. The van der Waals surface area contributed by atoms with Gasteiger partial charge in [-0.05, 0) is 47.7 Å². The van der Waals surface area contributed by atoms with Crippen LogP contribution in [0.15, 0.2) is 18.2 Å². The predicted molar refractivity (Wildman–Crippen MR) is 63.3 cm³/mol. The first kappa shape index (κ1) is 12.0. The molecule has 78 valence electrons. The van der Waals surface area contributed by atoms with E-state index in [1.165, 1.54) is 6.92 Å². The van der Waals surface area contributed by atoms with Crippen molar-refractivity contribution in [3.63, 3.8) is 0 Å². The van der Waals surface area contributed by atoms with E-state index in [-0.39, 0.29) is 0 Å². The molecule has 1 aromatic rings. The Hall–Kier alpha value is -0.100. The van der Waals surface area contributed by atoms with Crippen LogP contribution in [0.25, 0.3) is 0 Å². The molecule has 0 saturated carbocycles. The molecule has 0 aliphatic rings. The lowest BCUT2D eigenvalue weighted by atomic mass is 10.3. The van der Waals surface area contributed by atoms with E-state index in [4.69, 9.17) is 11.6 Å². The fraction of sp³-hybridized carbons (Fsp3) is 0.333. The Bertz CT molecular complexity index is 320. The van der Waals surface area contributed by atoms with E-state index in [1.807, 2.05) is 6.07 Å². The van der Waals surface area contributed by atoms with E-state index in [9.17, 15) is 8.78 Å². The Labute approximate surface area is 100.0 Å². The zero-order valence-electron chi connectivity index (χ0n) is 7.40. The molecule has 0 radical (unpaired) electrons. The Morgan fingerprint density at radius 2 is 2.07 bits per heavy atom. The molecule has 0 fully saturated rings. The second-order valence-corrected chi connectivity index (χ2v) is 4.54. The van der Waals surface area contributed by atoms with E-state index >= 15 is 0 Å². The third-order valence-corrected chi connectivity index (χ3v) is 2.68. The lowest BCUT2D eigenvalue weighted by Crippen LogP contribution is -2.23. The smallest absolute Gasteiger partial charge is 0.258 e. The van der Waals surface area contributed by atoms with Crippen molar-refractivity contribution in [1.82, 2.24) is 0 Å². The van der Waals surface area contributed by atoms with Crippen molar-refractivity contribution >= 4 is 39.9 Å². The van der Waals surface area contributed by atoms with Crippen LogP contribution in [0.3, 0.4) is 0 Å². The highest BCUT2D eigenvalue weighted by Crippen LogP contribution is 2.25. The molecule has 5 heteroatoms. The monoisotopic (exact) mass is 331 g/mol. The number of halogens is 4. The summed E-state index contributed by atoms with van der Waals surface area (Å²) >= 11 is 7.97. The maximum Gasteiger partial charge on any atom is 0.258 e. The summed E-state index contributed by atoms with van der Waals surface area (Å²) in [6.07, 6.45) is -2.40. The second-order valence-electron chi connectivity index (χ2n) is 2.89. The van der Waals surface area contributed by atoms with Crippen molar-refractivity contribution in [3.05, 3.63) is 26.8 Å². The number of anilines is 1. The molecule has 1 N–H and O–H groups in total. The largest absolute Gasteiger partial charge is 0.376 e. The minimum atomic E-state index is -2.40. The SMILES string of the molecule is CC(Nc1ccc(I)cc1Cl)C(F)F. The standard InChI is InChI=1S/C9H9ClF2IN/c1-5(9(11)12)14-8-3-2-6(13)4-7(8)10/h2-5,9,14H,1H3. The zero-order chi connectivity index (χ0) is 10.7. The third kappa shape index (κ3) is 3.24. The molecule has 0 aliphatic carbocycles. The van der Waals surface area contributed by atoms with Crippen molar-refractivity contribution in [3.8, 4) is 0 Å². The zero-order valence-corrected chi connectivity index (χ0v) is 10.3. The maximum absolute atomic E-state index is 12.2. The lowest BCUT2D eigenvalue weighted by Gasteiger charge is -2.15. The Morgan fingerprint density at radius 3 is 2.57 bits per heavy atom. The number of benzene rings is 1. The Balaban J connectivity index is 2.77. The first-order valence-corrected chi connectivity index (χ1v) is 5.46. The molecule has 1 aromatic carbocycles. The molecule has 0 aliphatic heterocycles. The van der Waals surface area contributed by atoms with Gasteiger partial charge in [0.2, 0.25) is 0 Å². The van der Waals surface area contributed by atoms with Crippen molar-refractivity contribution in [2.75, 3.05) is 5.32 Å². The average molecular weight is 332 g/mol. The molecule has 1 rings (SSSR count). The molecule has 1 unspecified atom stereocenters. The fourth-order valence-corrected chi connectivity index (χ4v) is 1.83. The number of nitrogens with one attached hydrogen (secondary N) is 1. The highest BCUT2D eigenvalue weighted by atomic mass is 127. The summed E-state index contributed by atoms with van der Waals surface area (Å²) in [6.45, 7) is 1.42. The van der Waals surface area contributed by atoms with Gasteiger partial charge in [0.1, 0.15) is 0 Å². The maximum atomic E-state index is 12.2. The first-order chi connectivity index (χ1) is 6.50. The highest BCUT2D eigenvalue weighted by molar-refractivity contribution is 14.1. The van der Waals surface area contributed by atoms with Gasteiger partial charge in [-0.1, -0.05) is 11.6 Å². The van der Waals surface area contributed by atoms with Crippen LogP contribution >= 0.6 is 34.2 Å². The number of rotatable bonds is 3. The normalized spacial score (nSPS) is 13.0. The molecule has 1 atom stereocenters. The van der Waals surface area contributed by atoms with Crippen LogP contribution < -0.4 is 5.32 Å². The van der Waals surface area contributed by atoms with Crippen molar-refractivity contribution in [2.24, 2.45) is 0 Å². The van der Waals surface area contributed by atoms with E-state index in [2.05, 4.69) is 27.9 Å². The molecule has 0 bridgehead atoms. The molecule has 0 amide bonds. The van der Waals surface area contributed by atoms with Gasteiger partial charge in [-0.2, -0.15) is 0 Å². The highest BCUT2D eigenvalue weighted by Gasteiger charge is 2.14. The van der Waals surface area contributed by atoms with Gasteiger partial charge in [0.05, 0.1) is 16.8 Å². The molecular formula is C9H9ClF2IN. The number of hydrogen-bond acceptors (Lipinski definition) is 1.